The number of hydrogen-bond donors (Lipinski definition) is 4. The van der Waals surface area contributed by atoms with Crippen LogP contribution in [-0.4, -0.2) is 64.3 Å². The molecule has 0 aromatic carbocycles. The molecular formula is C9H12F3NO6. The van der Waals surface area contributed by atoms with Gasteiger partial charge in [-0.2, -0.15) is 13.2 Å². The molecule has 0 aliphatic heterocycles. The summed E-state index contributed by atoms with van der Waals surface area (Å²) in [5, 5.41) is 29.5. The van der Waals surface area contributed by atoms with Crippen LogP contribution in [0, 0.1) is 0 Å². The van der Waals surface area contributed by atoms with Gasteiger partial charge in [-0.1, -0.05) is 0 Å². The Morgan fingerprint density at radius 1 is 1.32 bits per heavy atom. The summed E-state index contributed by atoms with van der Waals surface area (Å²) in [5.74, 6) is -3.88. The fraction of sp³-hybridized carbons (Fsp3) is 0.778. The molecule has 0 spiro atoms. The molecule has 0 radical (unpaired) electrons. The number of rotatable bonds is 2. The fourth-order valence-corrected chi connectivity index (χ4v) is 1.91. The first kappa shape index (κ1) is 15.7. The van der Waals surface area contributed by atoms with E-state index in [1.54, 1.807) is 0 Å². The topological polar surface area (TPSA) is 116 Å². The van der Waals surface area contributed by atoms with Gasteiger partial charge in [0.25, 0.3) is 0 Å². The number of hydrogen-bond acceptors (Lipinski definition) is 6. The van der Waals surface area contributed by atoms with Crippen LogP contribution in [0.2, 0.25) is 0 Å². The zero-order valence-corrected chi connectivity index (χ0v) is 9.64. The molecule has 4 unspecified atom stereocenters. The number of nitrogens with one attached hydrogen (secondary N) is 1. The molecule has 1 aliphatic carbocycles. The van der Waals surface area contributed by atoms with Crippen molar-refractivity contribution in [2.75, 3.05) is 7.11 Å². The molecule has 4 N–H and O–H groups in total. The highest BCUT2D eigenvalue weighted by atomic mass is 19.4. The highest BCUT2D eigenvalue weighted by Crippen LogP contribution is 2.33. The van der Waals surface area contributed by atoms with E-state index in [9.17, 15) is 38.1 Å². The molecule has 0 heterocycles. The van der Waals surface area contributed by atoms with E-state index in [2.05, 4.69) is 4.74 Å². The lowest BCUT2D eigenvalue weighted by Crippen LogP contribution is -2.63. The smallest absolute Gasteiger partial charge is 0.467 e. The third-order valence-corrected chi connectivity index (χ3v) is 2.90. The molecule has 1 rings (SSSR count). The van der Waals surface area contributed by atoms with Crippen LogP contribution in [-0.2, 0) is 14.3 Å². The number of amides is 1. The van der Waals surface area contributed by atoms with Crippen LogP contribution in [0.15, 0.2) is 0 Å². The molecule has 1 saturated carbocycles. The summed E-state index contributed by atoms with van der Waals surface area (Å²) in [6.07, 6.45) is -11.8. The van der Waals surface area contributed by atoms with Crippen molar-refractivity contribution >= 4 is 11.9 Å². The van der Waals surface area contributed by atoms with Crippen LogP contribution >= 0.6 is 0 Å². The van der Waals surface area contributed by atoms with Gasteiger partial charge in [-0.3, -0.25) is 4.79 Å². The molecule has 0 bridgehead atoms. The van der Waals surface area contributed by atoms with E-state index in [-0.39, 0.29) is 0 Å². The SMILES string of the molecule is COC(=O)C1(NC(=O)C(F)(F)F)CC(O)C(O)C1O. The van der Waals surface area contributed by atoms with Crippen LogP contribution in [0.3, 0.4) is 0 Å². The zero-order valence-electron chi connectivity index (χ0n) is 9.64. The highest BCUT2D eigenvalue weighted by Gasteiger charge is 2.61. The largest absolute Gasteiger partial charge is 0.471 e. The maximum Gasteiger partial charge on any atom is 0.471 e. The Morgan fingerprint density at radius 3 is 2.16 bits per heavy atom. The Labute approximate surface area is 105 Å². The standard InChI is InChI=1S/C9H12F3NO6/c1-19-7(18)8(13-6(17)9(10,11)12)2-3(14)4(15)5(8)16/h3-5,14-16H,2H2,1H3,(H,13,17). The number of esters is 1. The van der Waals surface area contributed by atoms with Crippen LogP contribution in [0.1, 0.15) is 6.42 Å². The normalized spacial score (nSPS) is 35.0. The van der Waals surface area contributed by atoms with Crippen LogP contribution in [0.4, 0.5) is 13.2 Å². The molecule has 110 valence electrons. The minimum Gasteiger partial charge on any atom is -0.467 e. The molecule has 0 saturated heterocycles. The zero-order chi connectivity index (χ0) is 15.0. The number of methoxy groups -OCH3 is 1. The van der Waals surface area contributed by atoms with Gasteiger partial charge in [-0.25, -0.2) is 4.79 Å². The Hall–Kier alpha value is -1.39. The van der Waals surface area contributed by atoms with Crippen molar-refractivity contribution in [1.82, 2.24) is 5.32 Å². The van der Waals surface area contributed by atoms with Gasteiger partial charge >= 0.3 is 18.1 Å². The number of aliphatic hydroxyl groups is 3. The Balaban J connectivity index is 3.10. The predicted molar refractivity (Wildman–Crippen MR) is 51.6 cm³/mol. The van der Waals surface area contributed by atoms with Gasteiger partial charge in [0.1, 0.15) is 12.2 Å². The van der Waals surface area contributed by atoms with Crippen molar-refractivity contribution in [2.45, 2.75) is 36.4 Å². The van der Waals surface area contributed by atoms with E-state index >= 15 is 0 Å². The van der Waals surface area contributed by atoms with Gasteiger partial charge < -0.3 is 25.4 Å². The second kappa shape index (κ2) is 4.94. The fourth-order valence-electron chi connectivity index (χ4n) is 1.91. The lowest BCUT2D eigenvalue weighted by Gasteiger charge is -2.31. The molecule has 1 amide bonds. The van der Waals surface area contributed by atoms with E-state index in [1.807, 2.05) is 0 Å². The van der Waals surface area contributed by atoms with E-state index in [0.717, 1.165) is 7.11 Å². The number of halogens is 3. The summed E-state index contributed by atoms with van der Waals surface area (Å²) < 4.78 is 40.8. The minimum atomic E-state index is -5.29. The highest BCUT2D eigenvalue weighted by molar-refractivity contribution is 5.91. The van der Waals surface area contributed by atoms with Crippen molar-refractivity contribution in [3.05, 3.63) is 0 Å². The second-order valence-corrected chi connectivity index (χ2v) is 4.12. The van der Waals surface area contributed by atoms with E-state index in [4.69, 9.17) is 0 Å². The minimum absolute atomic E-state index is 0.802. The third-order valence-electron chi connectivity index (χ3n) is 2.90. The average molecular weight is 287 g/mol. The molecule has 0 aromatic heterocycles. The Morgan fingerprint density at radius 2 is 1.84 bits per heavy atom. The van der Waals surface area contributed by atoms with Gasteiger partial charge in [0, 0.05) is 6.42 Å². The Kier molecular flexibility index (Phi) is 4.08. The molecule has 19 heavy (non-hydrogen) atoms. The predicted octanol–water partition coefficient (Wildman–Crippen LogP) is -1.94. The molecular weight excluding hydrogens is 275 g/mol. The molecule has 1 fully saturated rings. The van der Waals surface area contributed by atoms with Gasteiger partial charge in [0.15, 0.2) is 5.54 Å². The van der Waals surface area contributed by atoms with Crippen molar-refractivity contribution < 1.29 is 42.8 Å². The van der Waals surface area contributed by atoms with E-state index < -0.39 is 48.3 Å². The second-order valence-electron chi connectivity index (χ2n) is 4.12. The summed E-state index contributed by atoms with van der Waals surface area (Å²) in [6.45, 7) is 0. The van der Waals surface area contributed by atoms with Gasteiger partial charge in [0.2, 0.25) is 0 Å². The number of ether oxygens (including phenoxy) is 1. The number of carbonyl (C=O) groups is 2. The molecule has 10 heteroatoms. The van der Waals surface area contributed by atoms with E-state index in [1.165, 1.54) is 5.32 Å². The van der Waals surface area contributed by atoms with Crippen molar-refractivity contribution in [3.63, 3.8) is 0 Å². The quantitative estimate of drug-likeness (QED) is 0.439. The van der Waals surface area contributed by atoms with E-state index in [0.29, 0.717) is 0 Å². The first-order valence-electron chi connectivity index (χ1n) is 5.08. The summed E-state index contributed by atoms with van der Waals surface area (Å²) in [6, 6.07) is 0. The van der Waals surface area contributed by atoms with Crippen molar-refractivity contribution in [2.24, 2.45) is 0 Å². The van der Waals surface area contributed by atoms with Gasteiger partial charge in [0.05, 0.1) is 13.2 Å². The van der Waals surface area contributed by atoms with Crippen LogP contribution in [0.25, 0.3) is 0 Å². The first-order valence-corrected chi connectivity index (χ1v) is 5.08. The Bertz CT molecular complexity index is 387. The summed E-state index contributed by atoms with van der Waals surface area (Å²) in [4.78, 5) is 22.4. The molecule has 7 nitrogen and oxygen atoms in total. The van der Waals surface area contributed by atoms with Crippen LogP contribution < -0.4 is 5.32 Å². The molecule has 1 aliphatic rings. The molecule has 4 atom stereocenters. The van der Waals surface area contributed by atoms with Gasteiger partial charge in [-0.15, -0.1) is 0 Å². The van der Waals surface area contributed by atoms with Gasteiger partial charge in [-0.05, 0) is 0 Å². The number of aliphatic hydroxyl groups excluding tert-OH is 3. The first-order chi connectivity index (χ1) is 8.56. The lowest BCUT2D eigenvalue weighted by molar-refractivity contribution is -0.180. The summed E-state index contributed by atoms with van der Waals surface area (Å²) >= 11 is 0. The van der Waals surface area contributed by atoms with Crippen molar-refractivity contribution in [1.29, 1.82) is 0 Å². The number of carbonyl (C=O) groups excluding carboxylic acids is 2. The molecule has 0 aromatic rings. The third kappa shape index (κ3) is 2.65. The lowest BCUT2D eigenvalue weighted by atomic mass is 9.94. The maximum atomic E-state index is 12.2. The van der Waals surface area contributed by atoms with Crippen molar-refractivity contribution in [3.8, 4) is 0 Å². The van der Waals surface area contributed by atoms with Crippen LogP contribution in [0.5, 0.6) is 0 Å². The maximum absolute atomic E-state index is 12.2. The monoisotopic (exact) mass is 287 g/mol. The number of alkyl halides is 3. The summed E-state index contributed by atoms with van der Waals surface area (Å²) in [7, 11) is 0.827. The average Bonchev–Trinajstić information content (AvgIpc) is 2.52. The summed E-state index contributed by atoms with van der Waals surface area (Å²) in [5.41, 5.74) is -2.54.